The van der Waals surface area contributed by atoms with Gasteiger partial charge in [0, 0.05) is 30.0 Å². The van der Waals surface area contributed by atoms with Crippen LogP contribution in [0.5, 0.6) is 0 Å². The van der Waals surface area contributed by atoms with Gasteiger partial charge in [0.25, 0.3) is 0 Å². The van der Waals surface area contributed by atoms with E-state index in [1.54, 1.807) is 0 Å². The maximum Gasteiger partial charge on any atom is 0.331 e. The summed E-state index contributed by atoms with van der Waals surface area (Å²) in [6, 6.07) is 12.0. The highest BCUT2D eigenvalue weighted by Crippen LogP contribution is 2.31. The van der Waals surface area contributed by atoms with Gasteiger partial charge in [-0.2, -0.15) is 0 Å². The molecule has 29 heavy (non-hydrogen) atoms. The minimum atomic E-state index is -0.439. The van der Waals surface area contributed by atoms with Crippen molar-refractivity contribution in [1.29, 1.82) is 0 Å². The molecule has 2 aromatic carbocycles. The zero-order valence-corrected chi connectivity index (χ0v) is 17.4. The molecule has 0 aliphatic heterocycles. The van der Waals surface area contributed by atoms with E-state index in [1.165, 1.54) is 26.2 Å². The van der Waals surface area contributed by atoms with Crippen LogP contribution in [0.4, 0.5) is 5.69 Å². The van der Waals surface area contributed by atoms with E-state index in [1.807, 2.05) is 37.3 Å². The van der Waals surface area contributed by atoms with Gasteiger partial charge in [-0.25, -0.2) is 4.79 Å². The molecule has 0 spiro atoms. The van der Waals surface area contributed by atoms with Gasteiger partial charge >= 0.3 is 5.97 Å². The number of benzene rings is 2. The number of hydrogen-bond acceptors (Lipinski definition) is 5. The summed E-state index contributed by atoms with van der Waals surface area (Å²) in [5.74, 6) is -0.439. The summed E-state index contributed by atoms with van der Waals surface area (Å²) >= 11 is 0. The highest BCUT2D eigenvalue weighted by atomic mass is 16.7. The number of nitrogens with two attached hydrogens (primary N) is 1. The molecule has 0 aliphatic carbocycles. The number of hydrogen-bond donors (Lipinski definition) is 1. The second kappa shape index (κ2) is 9.56. The Bertz CT molecular complexity index is 1040. The van der Waals surface area contributed by atoms with Crippen LogP contribution in [0.2, 0.25) is 0 Å². The lowest BCUT2D eigenvalue weighted by Gasteiger charge is -2.09. The number of unbranched alkanes of at least 4 members (excludes halogenated alkanes) is 3. The summed E-state index contributed by atoms with van der Waals surface area (Å²) in [7, 11) is 0. The van der Waals surface area contributed by atoms with Gasteiger partial charge in [-0.3, -0.25) is 0 Å². The van der Waals surface area contributed by atoms with Crippen molar-refractivity contribution in [2.24, 2.45) is 5.16 Å². The number of fused-ring (bicyclic) bond motifs is 3. The normalized spacial score (nSPS) is 12.0. The minimum absolute atomic E-state index is 0.439. The van der Waals surface area contributed by atoms with Crippen LogP contribution in [-0.4, -0.2) is 22.9 Å². The Morgan fingerprint density at radius 2 is 1.76 bits per heavy atom. The average Bonchev–Trinajstić information content (AvgIpc) is 3.01. The van der Waals surface area contributed by atoms with Crippen LogP contribution in [0.3, 0.4) is 0 Å². The Morgan fingerprint density at radius 1 is 1.03 bits per heavy atom. The Kier molecular flexibility index (Phi) is 6.88. The fraction of sp³-hybridized carbons (Fsp3) is 0.391. The first kappa shape index (κ1) is 20.9. The molecular formula is C23H29N3O3. The lowest BCUT2D eigenvalue weighted by Crippen LogP contribution is -2.04. The first-order chi connectivity index (χ1) is 14.0. The largest absolute Gasteiger partial charge is 0.399 e. The third kappa shape index (κ3) is 4.95. The van der Waals surface area contributed by atoms with Gasteiger partial charge in [0.2, 0.25) is 0 Å². The van der Waals surface area contributed by atoms with Gasteiger partial charge in [-0.15, -0.1) is 0 Å². The number of ether oxygens (including phenoxy) is 1. The Hall–Kier alpha value is -2.86. The highest BCUT2D eigenvalue weighted by molar-refractivity contribution is 6.12. The molecule has 154 valence electrons. The van der Waals surface area contributed by atoms with Crippen LogP contribution in [0, 0.1) is 0 Å². The first-order valence-electron chi connectivity index (χ1n) is 10.1. The zero-order chi connectivity index (χ0) is 20.8. The van der Waals surface area contributed by atoms with E-state index in [2.05, 4.69) is 22.7 Å². The summed E-state index contributed by atoms with van der Waals surface area (Å²) < 4.78 is 8.14. The second-order valence-corrected chi connectivity index (χ2v) is 7.29. The van der Waals surface area contributed by atoms with Gasteiger partial charge < -0.3 is 19.9 Å². The number of rotatable bonds is 9. The van der Waals surface area contributed by atoms with Gasteiger partial charge in [0.15, 0.2) is 0 Å². The van der Waals surface area contributed by atoms with Crippen LogP contribution in [-0.2, 0) is 21.1 Å². The smallest absolute Gasteiger partial charge is 0.331 e. The predicted molar refractivity (Wildman–Crippen MR) is 118 cm³/mol. The Labute approximate surface area is 171 Å². The average molecular weight is 396 g/mol. The Morgan fingerprint density at radius 3 is 2.48 bits per heavy atom. The molecule has 0 saturated carbocycles. The van der Waals surface area contributed by atoms with Crippen molar-refractivity contribution in [2.45, 2.75) is 53.2 Å². The standard InChI is InChI=1S/C23H29N3O3/c1-4-5-6-7-12-28-15-26-22-10-8-18(16(2)25-29-17(3)27)13-20(22)21-14-19(24)9-11-23(21)26/h8-11,13-14H,4-7,12,15,24H2,1-3H3/b25-16+. The fourth-order valence-electron chi connectivity index (χ4n) is 3.46. The van der Waals surface area contributed by atoms with Crippen LogP contribution in [0.25, 0.3) is 21.8 Å². The van der Waals surface area contributed by atoms with Crippen molar-refractivity contribution in [3.05, 3.63) is 42.0 Å². The quantitative estimate of drug-likeness (QED) is 0.177. The third-order valence-corrected chi connectivity index (χ3v) is 4.98. The van der Waals surface area contributed by atoms with E-state index in [0.29, 0.717) is 18.1 Å². The molecule has 3 rings (SSSR count). The van der Waals surface area contributed by atoms with Crippen molar-refractivity contribution in [3.63, 3.8) is 0 Å². The van der Waals surface area contributed by atoms with E-state index in [-0.39, 0.29) is 0 Å². The van der Waals surface area contributed by atoms with Crippen LogP contribution in [0.15, 0.2) is 41.6 Å². The molecule has 6 nitrogen and oxygen atoms in total. The summed E-state index contributed by atoms with van der Waals surface area (Å²) in [5, 5.41) is 6.03. The van der Waals surface area contributed by atoms with Crippen molar-refractivity contribution in [3.8, 4) is 0 Å². The summed E-state index contributed by atoms with van der Waals surface area (Å²) in [6.07, 6.45) is 4.74. The Balaban J connectivity index is 1.94. The summed E-state index contributed by atoms with van der Waals surface area (Å²) in [6.45, 7) is 6.60. The topological polar surface area (TPSA) is 78.8 Å². The number of nitrogen functional groups attached to an aromatic ring is 1. The molecule has 0 aliphatic rings. The molecule has 3 aromatic rings. The number of anilines is 1. The molecule has 0 bridgehead atoms. The molecule has 0 fully saturated rings. The van der Waals surface area contributed by atoms with Gasteiger partial charge in [-0.05, 0) is 49.2 Å². The van der Waals surface area contributed by atoms with Crippen LogP contribution in [0.1, 0.15) is 52.0 Å². The maximum atomic E-state index is 11.0. The van der Waals surface area contributed by atoms with Gasteiger partial charge in [0.1, 0.15) is 6.73 Å². The molecule has 2 N–H and O–H groups in total. The SMILES string of the molecule is CCCCCCOCn1c2ccc(N)cc2c2cc(/C(C)=N/OC(C)=O)ccc21. The maximum absolute atomic E-state index is 11.0. The number of oxime groups is 1. The van der Waals surface area contributed by atoms with Crippen molar-refractivity contribution >= 4 is 39.2 Å². The monoisotopic (exact) mass is 395 g/mol. The highest BCUT2D eigenvalue weighted by Gasteiger charge is 2.13. The van der Waals surface area contributed by atoms with Crippen molar-refractivity contribution in [2.75, 3.05) is 12.3 Å². The lowest BCUT2D eigenvalue weighted by molar-refractivity contribution is -0.140. The second-order valence-electron chi connectivity index (χ2n) is 7.29. The van der Waals surface area contributed by atoms with E-state index >= 15 is 0 Å². The number of aromatic nitrogens is 1. The van der Waals surface area contributed by atoms with Crippen molar-refractivity contribution in [1.82, 2.24) is 4.57 Å². The molecule has 0 unspecified atom stereocenters. The molecule has 0 radical (unpaired) electrons. The number of carbonyl (C=O) groups is 1. The number of carbonyl (C=O) groups excluding carboxylic acids is 1. The molecular weight excluding hydrogens is 366 g/mol. The zero-order valence-electron chi connectivity index (χ0n) is 17.4. The first-order valence-corrected chi connectivity index (χ1v) is 10.1. The lowest BCUT2D eigenvalue weighted by atomic mass is 10.1. The van der Waals surface area contributed by atoms with Gasteiger partial charge in [0.05, 0.1) is 16.7 Å². The molecule has 0 amide bonds. The molecule has 0 saturated heterocycles. The molecule has 1 aromatic heterocycles. The van der Waals surface area contributed by atoms with Crippen molar-refractivity contribution < 1.29 is 14.4 Å². The summed E-state index contributed by atoms with van der Waals surface area (Å²) in [4.78, 5) is 15.8. The minimum Gasteiger partial charge on any atom is -0.399 e. The fourth-order valence-corrected chi connectivity index (χ4v) is 3.46. The molecule has 0 atom stereocenters. The van der Waals surface area contributed by atoms with E-state index < -0.39 is 5.97 Å². The molecule has 1 heterocycles. The predicted octanol–water partition coefficient (Wildman–Crippen LogP) is 5.22. The van der Waals surface area contributed by atoms with Crippen LogP contribution >= 0.6 is 0 Å². The van der Waals surface area contributed by atoms with E-state index in [9.17, 15) is 4.79 Å². The third-order valence-electron chi connectivity index (χ3n) is 4.98. The van der Waals surface area contributed by atoms with Crippen LogP contribution < -0.4 is 5.73 Å². The molecule has 6 heteroatoms. The van der Waals surface area contributed by atoms with E-state index in [0.717, 1.165) is 40.4 Å². The van der Waals surface area contributed by atoms with E-state index in [4.69, 9.17) is 15.3 Å². The summed E-state index contributed by atoms with van der Waals surface area (Å²) in [5.41, 5.74) is 10.4. The van der Waals surface area contributed by atoms with Gasteiger partial charge in [-0.1, -0.05) is 37.4 Å². The number of nitrogens with zero attached hydrogens (tertiary/aromatic N) is 2.